The maximum absolute atomic E-state index is 11.3. The molecule has 2 N–H and O–H groups in total. The van der Waals surface area contributed by atoms with Crippen LogP contribution in [0, 0.1) is 0 Å². The van der Waals surface area contributed by atoms with E-state index in [2.05, 4.69) is 26.1 Å². The van der Waals surface area contributed by atoms with E-state index < -0.39 is 12.0 Å². The predicted molar refractivity (Wildman–Crippen MR) is 124 cm³/mol. The summed E-state index contributed by atoms with van der Waals surface area (Å²) in [5, 5.41) is 12.7. The van der Waals surface area contributed by atoms with Crippen LogP contribution in [0.5, 0.6) is 17.2 Å². The molecular weight excluding hydrogens is 438 g/mol. The van der Waals surface area contributed by atoms with Crippen molar-refractivity contribution < 1.29 is 24.1 Å². The van der Waals surface area contributed by atoms with Gasteiger partial charge in [-0.1, -0.05) is 32.4 Å². The highest BCUT2D eigenvalue weighted by atomic mass is 35.5. The molecule has 0 bridgehead atoms. The highest BCUT2D eigenvalue weighted by molar-refractivity contribution is 7.99. The molecule has 0 spiro atoms. The second-order valence-electron chi connectivity index (χ2n) is 8.26. The fourth-order valence-corrected chi connectivity index (χ4v) is 4.73. The van der Waals surface area contributed by atoms with Gasteiger partial charge < -0.3 is 19.3 Å². The summed E-state index contributed by atoms with van der Waals surface area (Å²) in [5.41, 5.74) is 1.80. The number of thioether (sulfide) groups is 1. The molecule has 6 nitrogen and oxygen atoms in total. The van der Waals surface area contributed by atoms with Crippen LogP contribution >= 0.6 is 23.4 Å². The first-order valence-corrected chi connectivity index (χ1v) is 11.5. The third-order valence-corrected chi connectivity index (χ3v) is 6.41. The lowest BCUT2D eigenvalue weighted by Crippen LogP contribution is -2.33. The Kier molecular flexibility index (Phi) is 7.62. The van der Waals surface area contributed by atoms with Crippen molar-refractivity contribution in [3.05, 3.63) is 52.5 Å². The first-order chi connectivity index (χ1) is 14.7. The van der Waals surface area contributed by atoms with E-state index in [0.29, 0.717) is 29.7 Å². The molecule has 31 heavy (non-hydrogen) atoms. The zero-order chi connectivity index (χ0) is 22.6. The first kappa shape index (κ1) is 23.6. The molecule has 3 rings (SSSR count). The predicted octanol–water partition coefficient (Wildman–Crippen LogP) is 4.89. The van der Waals surface area contributed by atoms with E-state index in [-0.39, 0.29) is 10.8 Å². The smallest absolute Gasteiger partial charge is 0.321 e. The summed E-state index contributed by atoms with van der Waals surface area (Å²) in [6, 6.07) is 10.6. The highest BCUT2D eigenvalue weighted by Gasteiger charge is 2.32. The summed E-state index contributed by atoms with van der Waals surface area (Å²) in [5.74, 6) is 1.88. The van der Waals surface area contributed by atoms with Crippen LogP contribution < -0.4 is 19.5 Å². The lowest BCUT2D eigenvalue weighted by Gasteiger charge is -2.23. The van der Waals surface area contributed by atoms with Crippen molar-refractivity contribution in [2.75, 3.05) is 26.1 Å². The third kappa shape index (κ3) is 5.99. The Bertz CT molecular complexity index is 931. The SMILES string of the molecule is COc1ccc(OCCOc2ccc(Cl)cc2C2NC(C(=O)O)CS2)c(C(C)(C)C)c1. The van der Waals surface area contributed by atoms with Crippen molar-refractivity contribution in [1.29, 1.82) is 0 Å². The zero-order valence-electron chi connectivity index (χ0n) is 18.1. The molecule has 2 atom stereocenters. The summed E-state index contributed by atoms with van der Waals surface area (Å²) in [4.78, 5) is 11.3. The Balaban J connectivity index is 1.65. The van der Waals surface area contributed by atoms with E-state index >= 15 is 0 Å². The topological polar surface area (TPSA) is 77.0 Å². The van der Waals surface area contributed by atoms with Crippen molar-refractivity contribution in [3.8, 4) is 17.2 Å². The number of carbonyl (C=O) groups is 1. The average molecular weight is 466 g/mol. The van der Waals surface area contributed by atoms with E-state index in [1.54, 1.807) is 13.2 Å². The molecule has 2 aromatic carbocycles. The Labute approximate surface area is 192 Å². The first-order valence-electron chi connectivity index (χ1n) is 10.0. The summed E-state index contributed by atoms with van der Waals surface area (Å²) in [7, 11) is 1.65. The number of benzene rings is 2. The molecule has 0 amide bonds. The van der Waals surface area contributed by atoms with E-state index in [1.807, 2.05) is 30.3 Å². The van der Waals surface area contributed by atoms with Gasteiger partial charge in [-0.25, -0.2) is 0 Å². The third-order valence-electron chi connectivity index (χ3n) is 4.93. The number of aliphatic carboxylic acids is 1. The van der Waals surface area contributed by atoms with Crippen LogP contribution in [-0.2, 0) is 10.2 Å². The van der Waals surface area contributed by atoms with Gasteiger partial charge in [0.1, 0.15) is 36.5 Å². The highest BCUT2D eigenvalue weighted by Crippen LogP contribution is 2.39. The van der Waals surface area contributed by atoms with Gasteiger partial charge in [0.05, 0.1) is 12.5 Å². The summed E-state index contributed by atoms with van der Waals surface area (Å²) in [6.07, 6.45) is 0. The number of carboxylic acids is 1. The monoisotopic (exact) mass is 465 g/mol. The van der Waals surface area contributed by atoms with Crippen molar-refractivity contribution >= 4 is 29.3 Å². The van der Waals surface area contributed by atoms with Crippen LogP contribution in [0.3, 0.4) is 0 Å². The van der Waals surface area contributed by atoms with Gasteiger partial charge in [0.2, 0.25) is 0 Å². The van der Waals surface area contributed by atoms with Crippen LogP contribution in [-0.4, -0.2) is 43.2 Å². The number of rotatable bonds is 8. The van der Waals surface area contributed by atoms with Crippen molar-refractivity contribution in [2.45, 2.75) is 37.6 Å². The number of hydrogen-bond acceptors (Lipinski definition) is 6. The second-order valence-corrected chi connectivity index (χ2v) is 9.84. The molecule has 1 saturated heterocycles. The quantitative estimate of drug-likeness (QED) is 0.537. The molecule has 1 fully saturated rings. The Hall–Kier alpha value is -2.09. The van der Waals surface area contributed by atoms with Crippen LogP contribution in [0.1, 0.15) is 37.3 Å². The molecule has 0 aromatic heterocycles. The normalized spacial score (nSPS) is 18.6. The van der Waals surface area contributed by atoms with Gasteiger partial charge in [-0.15, -0.1) is 11.8 Å². The van der Waals surface area contributed by atoms with Crippen LogP contribution in [0.2, 0.25) is 5.02 Å². The molecular formula is C23H28ClNO5S. The van der Waals surface area contributed by atoms with Crippen molar-refractivity contribution in [1.82, 2.24) is 5.32 Å². The van der Waals surface area contributed by atoms with E-state index in [1.165, 1.54) is 11.8 Å². The van der Waals surface area contributed by atoms with Crippen LogP contribution in [0.15, 0.2) is 36.4 Å². The van der Waals surface area contributed by atoms with Gasteiger partial charge in [0.25, 0.3) is 0 Å². The van der Waals surface area contributed by atoms with E-state index in [0.717, 1.165) is 22.6 Å². The molecule has 1 heterocycles. The molecule has 0 saturated carbocycles. The lowest BCUT2D eigenvalue weighted by atomic mass is 9.86. The largest absolute Gasteiger partial charge is 0.497 e. The van der Waals surface area contributed by atoms with Gasteiger partial charge in [0.15, 0.2) is 0 Å². The molecule has 8 heteroatoms. The number of halogens is 1. The number of hydrogen-bond donors (Lipinski definition) is 2. The second kappa shape index (κ2) is 10.0. The Morgan fingerprint density at radius 1 is 1.16 bits per heavy atom. The summed E-state index contributed by atoms with van der Waals surface area (Å²) < 4.78 is 17.3. The molecule has 0 radical (unpaired) electrons. The number of ether oxygens (including phenoxy) is 3. The lowest BCUT2D eigenvalue weighted by molar-refractivity contribution is -0.138. The van der Waals surface area contributed by atoms with Gasteiger partial charge in [-0.3, -0.25) is 10.1 Å². The minimum atomic E-state index is -0.859. The van der Waals surface area contributed by atoms with E-state index in [4.69, 9.17) is 25.8 Å². The number of nitrogens with one attached hydrogen (secondary N) is 1. The van der Waals surface area contributed by atoms with Gasteiger partial charge in [-0.05, 0) is 41.8 Å². The Morgan fingerprint density at radius 3 is 2.45 bits per heavy atom. The zero-order valence-corrected chi connectivity index (χ0v) is 19.7. The Morgan fingerprint density at radius 2 is 1.84 bits per heavy atom. The molecule has 2 unspecified atom stereocenters. The van der Waals surface area contributed by atoms with Crippen molar-refractivity contribution in [3.63, 3.8) is 0 Å². The maximum Gasteiger partial charge on any atom is 0.321 e. The van der Waals surface area contributed by atoms with Crippen LogP contribution in [0.25, 0.3) is 0 Å². The average Bonchev–Trinajstić information content (AvgIpc) is 3.22. The maximum atomic E-state index is 11.3. The van der Waals surface area contributed by atoms with Gasteiger partial charge in [-0.2, -0.15) is 0 Å². The molecule has 0 aliphatic carbocycles. The number of methoxy groups -OCH3 is 1. The van der Waals surface area contributed by atoms with Crippen molar-refractivity contribution in [2.24, 2.45) is 0 Å². The summed E-state index contributed by atoms with van der Waals surface area (Å²) in [6.45, 7) is 7.08. The molecule has 1 aliphatic heterocycles. The summed E-state index contributed by atoms with van der Waals surface area (Å²) >= 11 is 7.70. The molecule has 2 aromatic rings. The van der Waals surface area contributed by atoms with Gasteiger partial charge in [0, 0.05) is 21.9 Å². The van der Waals surface area contributed by atoms with Crippen LogP contribution in [0.4, 0.5) is 0 Å². The fourth-order valence-electron chi connectivity index (χ4n) is 3.30. The molecule has 1 aliphatic rings. The minimum absolute atomic E-state index is 0.0971. The van der Waals surface area contributed by atoms with Gasteiger partial charge >= 0.3 is 5.97 Å². The number of carboxylic acid groups (broad SMARTS) is 1. The molecule has 168 valence electrons. The fraction of sp³-hybridized carbons (Fsp3) is 0.435. The van der Waals surface area contributed by atoms with E-state index in [9.17, 15) is 9.90 Å². The minimum Gasteiger partial charge on any atom is -0.497 e. The standard InChI is InChI=1S/C23H28ClNO5S/c1-23(2,3)17-12-15(28-4)6-8-20(17)30-10-9-29-19-7-5-14(24)11-16(19)21-25-18(13-31-21)22(26)27/h5-8,11-12,18,21,25H,9-10,13H2,1-4H3,(H,26,27).